The minimum atomic E-state index is -0.207. The lowest BCUT2D eigenvalue weighted by atomic mass is 10.1. The van der Waals surface area contributed by atoms with Crippen LogP contribution in [-0.4, -0.2) is 31.4 Å². The lowest BCUT2D eigenvalue weighted by Crippen LogP contribution is -2.21. The summed E-state index contributed by atoms with van der Waals surface area (Å²) in [5.41, 5.74) is 2.61. The molecule has 9 heteroatoms. The predicted molar refractivity (Wildman–Crippen MR) is 115 cm³/mol. The Labute approximate surface area is 181 Å². The van der Waals surface area contributed by atoms with E-state index in [1.807, 2.05) is 36.4 Å². The number of fused-ring (bicyclic) bond motifs is 1. The Bertz CT molecular complexity index is 1420. The summed E-state index contributed by atoms with van der Waals surface area (Å²) < 4.78 is 13.6. The predicted octanol–water partition coefficient (Wildman–Crippen LogP) is 3.92. The van der Waals surface area contributed by atoms with Gasteiger partial charge < -0.3 is 13.8 Å². The van der Waals surface area contributed by atoms with E-state index in [-0.39, 0.29) is 12.1 Å². The van der Waals surface area contributed by atoms with Gasteiger partial charge in [-0.3, -0.25) is 4.79 Å². The van der Waals surface area contributed by atoms with E-state index in [2.05, 4.69) is 15.2 Å². The Balaban J connectivity index is 1.43. The van der Waals surface area contributed by atoms with Gasteiger partial charge in [-0.1, -0.05) is 16.8 Å². The van der Waals surface area contributed by atoms with Crippen LogP contribution in [0, 0.1) is 0 Å². The third-order valence-electron chi connectivity index (χ3n) is 4.87. The fourth-order valence-corrected chi connectivity index (χ4v) is 3.36. The molecule has 5 rings (SSSR count). The molecule has 0 radical (unpaired) electrons. The summed E-state index contributed by atoms with van der Waals surface area (Å²) in [4.78, 5) is 17.4. The van der Waals surface area contributed by atoms with Crippen molar-refractivity contribution in [3.05, 3.63) is 88.3 Å². The number of ether oxygens (including phenoxy) is 1. The first-order chi connectivity index (χ1) is 15.1. The zero-order valence-electron chi connectivity index (χ0n) is 16.4. The molecule has 0 aliphatic carbocycles. The summed E-state index contributed by atoms with van der Waals surface area (Å²) >= 11 is 5.92. The van der Waals surface area contributed by atoms with Crippen LogP contribution in [-0.2, 0) is 6.54 Å². The molecular weight excluding hydrogens is 418 g/mol. The highest BCUT2D eigenvalue weighted by molar-refractivity contribution is 6.30. The molecule has 0 saturated heterocycles. The molecule has 5 aromatic rings. The van der Waals surface area contributed by atoms with E-state index < -0.39 is 0 Å². The zero-order chi connectivity index (χ0) is 21.4. The highest BCUT2D eigenvalue weighted by atomic mass is 35.5. The SMILES string of the molecule is COc1ccc(-c2cc3c(=O)n(Cc4nc(-c5ccc(Cl)cc5)no4)ccn3n2)cc1. The first kappa shape index (κ1) is 19.1. The normalized spacial score (nSPS) is 11.2. The lowest BCUT2D eigenvalue weighted by Gasteiger charge is -2.02. The number of methoxy groups -OCH3 is 1. The average molecular weight is 434 g/mol. The molecule has 0 saturated carbocycles. The van der Waals surface area contributed by atoms with Gasteiger partial charge in [-0.15, -0.1) is 0 Å². The third kappa shape index (κ3) is 3.69. The minimum Gasteiger partial charge on any atom is -0.497 e. The Morgan fingerprint density at radius 1 is 1.03 bits per heavy atom. The van der Waals surface area contributed by atoms with Gasteiger partial charge in [0, 0.05) is 28.5 Å². The fourth-order valence-electron chi connectivity index (χ4n) is 3.23. The third-order valence-corrected chi connectivity index (χ3v) is 5.12. The Morgan fingerprint density at radius 3 is 2.52 bits per heavy atom. The van der Waals surface area contributed by atoms with Gasteiger partial charge in [0.1, 0.15) is 17.8 Å². The van der Waals surface area contributed by atoms with Crippen molar-refractivity contribution in [1.29, 1.82) is 0 Å². The van der Waals surface area contributed by atoms with Crippen molar-refractivity contribution in [3.8, 4) is 28.4 Å². The maximum absolute atomic E-state index is 13.0. The zero-order valence-corrected chi connectivity index (χ0v) is 17.2. The van der Waals surface area contributed by atoms with Crippen molar-refractivity contribution in [1.82, 2.24) is 24.3 Å². The molecule has 0 bridgehead atoms. The number of hydrogen-bond acceptors (Lipinski definition) is 6. The fraction of sp³-hybridized carbons (Fsp3) is 0.0909. The van der Waals surface area contributed by atoms with E-state index in [1.165, 1.54) is 4.57 Å². The van der Waals surface area contributed by atoms with Crippen molar-refractivity contribution in [3.63, 3.8) is 0 Å². The molecule has 0 spiro atoms. The van der Waals surface area contributed by atoms with Gasteiger partial charge in [-0.05, 0) is 54.6 Å². The van der Waals surface area contributed by atoms with Crippen molar-refractivity contribution >= 4 is 17.1 Å². The summed E-state index contributed by atoms with van der Waals surface area (Å²) in [5.74, 6) is 1.52. The molecule has 0 atom stereocenters. The maximum Gasteiger partial charge on any atom is 0.277 e. The van der Waals surface area contributed by atoms with Gasteiger partial charge in [0.25, 0.3) is 5.56 Å². The number of hydrogen-bond donors (Lipinski definition) is 0. The summed E-state index contributed by atoms with van der Waals surface area (Å²) in [7, 11) is 1.62. The quantitative estimate of drug-likeness (QED) is 0.417. The topological polar surface area (TPSA) is 87.5 Å². The molecule has 31 heavy (non-hydrogen) atoms. The van der Waals surface area contributed by atoms with Crippen LogP contribution in [0.4, 0.5) is 0 Å². The van der Waals surface area contributed by atoms with Crippen LogP contribution in [0.2, 0.25) is 5.02 Å². The molecule has 3 heterocycles. The highest BCUT2D eigenvalue weighted by Crippen LogP contribution is 2.22. The summed E-state index contributed by atoms with van der Waals surface area (Å²) in [6.45, 7) is 0.152. The second-order valence-corrected chi connectivity index (χ2v) is 7.27. The number of aromatic nitrogens is 5. The number of halogens is 1. The van der Waals surface area contributed by atoms with Crippen molar-refractivity contribution in [2.45, 2.75) is 6.54 Å². The van der Waals surface area contributed by atoms with E-state index in [0.29, 0.717) is 27.9 Å². The van der Waals surface area contributed by atoms with Crippen LogP contribution in [0.5, 0.6) is 5.75 Å². The van der Waals surface area contributed by atoms with E-state index in [1.54, 1.807) is 42.2 Å². The van der Waals surface area contributed by atoms with E-state index in [0.717, 1.165) is 16.9 Å². The van der Waals surface area contributed by atoms with Gasteiger partial charge in [0.05, 0.1) is 12.8 Å². The molecule has 8 nitrogen and oxygen atoms in total. The monoisotopic (exact) mass is 433 g/mol. The van der Waals surface area contributed by atoms with Gasteiger partial charge in [0.15, 0.2) is 0 Å². The first-order valence-electron chi connectivity index (χ1n) is 9.42. The van der Waals surface area contributed by atoms with Gasteiger partial charge >= 0.3 is 0 Å². The Hall–Kier alpha value is -3.91. The number of benzene rings is 2. The summed E-state index contributed by atoms with van der Waals surface area (Å²) in [6, 6.07) is 16.4. The van der Waals surface area contributed by atoms with E-state index in [4.69, 9.17) is 20.9 Å². The van der Waals surface area contributed by atoms with Crippen LogP contribution < -0.4 is 10.3 Å². The first-order valence-corrected chi connectivity index (χ1v) is 9.80. The van der Waals surface area contributed by atoms with E-state index in [9.17, 15) is 4.79 Å². The minimum absolute atomic E-state index is 0.152. The van der Waals surface area contributed by atoms with Crippen molar-refractivity contribution in [2.75, 3.05) is 7.11 Å². The lowest BCUT2D eigenvalue weighted by molar-refractivity contribution is 0.370. The van der Waals surface area contributed by atoms with Crippen LogP contribution >= 0.6 is 11.6 Å². The van der Waals surface area contributed by atoms with E-state index >= 15 is 0 Å². The largest absolute Gasteiger partial charge is 0.497 e. The Morgan fingerprint density at radius 2 is 1.77 bits per heavy atom. The molecular formula is C22H16ClN5O3. The van der Waals surface area contributed by atoms with Gasteiger partial charge in [-0.2, -0.15) is 10.1 Å². The van der Waals surface area contributed by atoms with Crippen LogP contribution in [0.15, 0.2) is 76.3 Å². The standard InChI is InChI=1S/C22H16ClN5O3/c1-30-17-8-4-14(5-9-17)18-12-19-22(29)27(10-11-28(19)25-18)13-20-24-21(26-31-20)15-2-6-16(23)7-3-15/h2-12H,13H2,1H3. The van der Waals surface area contributed by atoms with Crippen molar-refractivity contribution in [2.24, 2.45) is 0 Å². The van der Waals surface area contributed by atoms with Crippen molar-refractivity contribution < 1.29 is 9.26 Å². The summed E-state index contributed by atoms with van der Waals surface area (Å²) in [5, 5.41) is 9.12. The molecule has 0 amide bonds. The Kier molecular flexibility index (Phi) is 4.76. The molecule has 0 aliphatic rings. The number of rotatable bonds is 5. The smallest absolute Gasteiger partial charge is 0.277 e. The molecule has 2 aromatic carbocycles. The van der Waals surface area contributed by atoms with Gasteiger partial charge in [0.2, 0.25) is 11.7 Å². The van der Waals surface area contributed by atoms with Crippen LogP contribution in [0.25, 0.3) is 28.2 Å². The second kappa shape index (κ2) is 7.73. The second-order valence-electron chi connectivity index (χ2n) is 6.84. The molecule has 154 valence electrons. The molecule has 3 aromatic heterocycles. The average Bonchev–Trinajstić information content (AvgIpc) is 3.44. The highest BCUT2D eigenvalue weighted by Gasteiger charge is 2.13. The molecule has 0 N–H and O–H groups in total. The summed E-state index contributed by atoms with van der Waals surface area (Å²) in [6.07, 6.45) is 3.37. The molecule has 0 fully saturated rings. The van der Waals surface area contributed by atoms with Crippen LogP contribution in [0.3, 0.4) is 0 Å². The van der Waals surface area contributed by atoms with Gasteiger partial charge in [-0.25, -0.2) is 4.52 Å². The molecule has 0 aliphatic heterocycles. The van der Waals surface area contributed by atoms with Crippen LogP contribution in [0.1, 0.15) is 5.89 Å². The maximum atomic E-state index is 13.0. The molecule has 0 unspecified atom stereocenters. The number of nitrogens with zero attached hydrogens (tertiary/aromatic N) is 5.